The standard InChI is InChI=1S/C15H25N3O5/c1-16(2)10-12-4-5-14(23-12)17-7-6-13(19)18(15(17)20)11-22-9-8-21-3/h6-7,12,14H,4-5,8-11H2,1-3H3. The van der Waals surface area contributed by atoms with E-state index in [4.69, 9.17) is 14.2 Å². The molecular weight excluding hydrogens is 302 g/mol. The number of hydrogen-bond acceptors (Lipinski definition) is 6. The van der Waals surface area contributed by atoms with Crippen molar-refractivity contribution in [2.45, 2.75) is 31.9 Å². The number of nitrogens with zero attached hydrogens (tertiary/aromatic N) is 3. The fourth-order valence-corrected chi connectivity index (χ4v) is 2.60. The molecule has 0 amide bonds. The van der Waals surface area contributed by atoms with Gasteiger partial charge in [0.25, 0.3) is 5.56 Å². The lowest BCUT2D eigenvalue weighted by molar-refractivity contribution is -0.0138. The van der Waals surface area contributed by atoms with Crippen LogP contribution in [0, 0.1) is 0 Å². The highest BCUT2D eigenvalue weighted by Crippen LogP contribution is 2.26. The molecule has 2 rings (SSSR count). The Hall–Kier alpha value is -1.48. The van der Waals surface area contributed by atoms with Crippen molar-refractivity contribution in [1.29, 1.82) is 0 Å². The lowest BCUT2D eigenvalue weighted by Gasteiger charge is -2.19. The average Bonchev–Trinajstić information content (AvgIpc) is 2.93. The molecule has 23 heavy (non-hydrogen) atoms. The van der Waals surface area contributed by atoms with Gasteiger partial charge in [-0.05, 0) is 26.9 Å². The largest absolute Gasteiger partial charge is 0.382 e. The second-order valence-electron chi connectivity index (χ2n) is 5.85. The van der Waals surface area contributed by atoms with Crippen LogP contribution in [0.2, 0.25) is 0 Å². The Labute approximate surface area is 135 Å². The van der Waals surface area contributed by atoms with E-state index in [0.29, 0.717) is 13.2 Å². The van der Waals surface area contributed by atoms with E-state index < -0.39 is 5.69 Å². The van der Waals surface area contributed by atoms with E-state index in [1.165, 1.54) is 16.8 Å². The van der Waals surface area contributed by atoms with Crippen LogP contribution in [0.25, 0.3) is 0 Å². The fraction of sp³-hybridized carbons (Fsp3) is 0.733. The molecule has 1 saturated heterocycles. The van der Waals surface area contributed by atoms with Crippen LogP contribution in [0.1, 0.15) is 19.1 Å². The van der Waals surface area contributed by atoms with Gasteiger partial charge in [-0.15, -0.1) is 0 Å². The molecule has 0 aliphatic carbocycles. The molecule has 1 aromatic rings. The van der Waals surface area contributed by atoms with Gasteiger partial charge in [0.05, 0.1) is 19.3 Å². The first kappa shape index (κ1) is 17.9. The van der Waals surface area contributed by atoms with E-state index in [9.17, 15) is 9.59 Å². The van der Waals surface area contributed by atoms with Crippen LogP contribution < -0.4 is 11.2 Å². The summed E-state index contributed by atoms with van der Waals surface area (Å²) in [7, 11) is 5.54. The van der Waals surface area contributed by atoms with Crippen molar-refractivity contribution < 1.29 is 14.2 Å². The van der Waals surface area contributed by atoms with E-state index >= 15 is 0 Å². The highest BCUT2D eigenvalue weighted by atomic mass is 16.5. The van der Waals surface area contributed by atoms with Gasteiger partial charge < -0.3 is 19.1 Å². The quantitative estimate of drug-likeness (QED) is 0.619. The van der Waals surface area contributed by atoms with E-state index in [2.05, 4.69) is 4.90 Å². The van der Waals surface area contributed by atoms with Crippen LogP contribution in [-0.4, -0.2) is 61.1 Å². The molecule has 0 radical (unpaired) electrons. The molecule has 0 N–H and O–H groups in total. The maximum atomic E-state index is 12.5. The molecule has 8 heteroatoms. The Kier molecular flexibility index (Phi) is 6.52. The summed E-state index contributed by atoms with van der Waals surface area (Å²) < 4.78 is 18.6. The molecule has 1 fully saturated rings. The van der Waals surface area contributed by atoms with Gasteiger partial charge in [0.2, 0.25) is 0 Å². The third-order valence-electron chi connectivity index (χ3n) is 3.71. The molecule has 2 unspecified atom stereocenters. The Bertz CT molecular complexity index is 610. The van der Waals surface area contributed by atoms with Gasteiger partial charge in [0.1, 0.15) is 13.0 Å². The van der Waals surface area contributed by atoms with Crippen molar-refractivity contribution in [3.63, 3.8) is 0 Å². The van der Waals surface area contributed by atoms with E-state index in [1.807, 2.05) is 14.1 Å². The smallest absolute Gasteiger partial charge is 0.335 e. The van der Waals surface area contributed by atoms with Crippen LogP contribution in [-0.2, 0) is 20.9 Å². The monoisotopic (exact) mass is 327 g/mol. The van der Waals surface area contributed by atoms with Crippen molar-refractivity contribution in [2.24, 2.45) is 0 Å². The summed E-state index contributed by atoms with van der Waals surface area (Å²) in [6.07, 6.45) is 2.90. The third-order valence-corrected chi connectivity index (χ3v) is 3.71. The lowest BCUT2D eigenvalue weighted by atomic mass is 10.2. The molecule has 130 valence electrons. The zero-order chi connectivity index (χ0) is 16.8. The molecule has 2 atom stereocenters. The predicted molar refractivity (Wildman–Crippen MR) is 84.5 cm³/mol. The summed E-state index contributed by atoms with van der Waals surface area (Å²) in [6.45, 7) is 1.45. The molecular formula is C15H25N3O5. The highest BCUT2D eigenvalue weighted by Gasteiger charge is 2.28. The van der Waals surface area contributed by atoms with Gasteiger partial charge in [-0.3, -0.25) is 9.36 Å². The number of rotatable bonds is 8. The molecule has 1 aliphatic rings. The molecule has 2 heterocycles. The molecule has 8 nitrogen and oxygen atoms in total. The SMILES string of the molecule is COCCOCn1c(=O)ccn(C2CCC(CN(C)C)O2)c1=O. The first-order chi connectivity index (χ1) is 11.0. The van der Waals surface area contributed by atoms with Crippen molar-refractivity contribution in [3.05, 3.63) is 33.1 Å². The van der Waals surface area contributed by atoms with Crippen LogP contribution in [0.4, 0.5) is 0 Å². The van der Waals surface area contributed by atoms with Gasteiger partial charge in [-0.25, -0.2) is 9.36 Å². The van der Waals surface area contributed by atoms with Crippen LogP contribution >= 0.6 is 0 Å². The highest BCUT2D eigenvalue weighted by molar-refractivity contribution is 4.89. The number of methoxy groups -OCH3 is 1. The summed E-state index contributed by atoms with van der Waals surface area (Å²) in [5.74, 6) is 0. The summed E-state index contributed by atoms with van der Waals surface area (Å²) in [4.78, 5) is 26.4. The number of ether oxygens (including phenoxy) is 3. The lowest BCUT2D eigenvalue weighted by Crippen LogP contribution is -2.41. The third kappa shape index (κ3) is 4.74. The van der Waals surface area contributed by atoms with Crippen LogP contribution in [0.15, 0.2) is 21.9 Å². The second-order valence-corrected chi connectivity index (χ2v) is 5.85. The fourth-order valence-electron chi connectivity index (χ4n) is 2.60. The van der Waals surface area contributed by atoms with Gasteiger partial charge in [0.15, 0.2) is 0 Å². The zero-order valence-electron chi connectivity index (χ0n) is 13.9. The molecule has 0 saturated carbocycles. The van der Waals surface area contributed by atoms with E-state index in [1.54, 1.807) is 7.11 Å². The molecule has 0 bridgehead atoms. The van der Waals surface area contributed by atoms with E-state index in [0.717, 1.165) is 24.0 Å². The minimum atomic E-state index is -0.412. The Balaban J connectivity index is 2.08. The minimum absolute atomic E-state index is 0.0876. The number of likely N-dealkylation sites (N-methyl/N-ethyl adjacent to an activating group) is 1. The summed E-state index contributed by atoms with van der Waals surface area (Å²) in [5, 5.41) is 0. The minimum Gasteiger partial charge on any atom is -0.382 e. The molecule has 0 aromatic carbocycles. The summed E-state index contributed by atoms with van der Waals surface area (Å²) in [5.41, 5.74) is -0.795. The van der Waals surface area contributed by atoms with Crippen molar-refractivity contribution in [3.8, 4) is 0 Å². The zero-order valence-corrected chi connectivity index (χ0v) is 13.9. The van der Waals surface area contributed by atoms with E-state index in [-0.39, 0.29) is 24.6 Å². The van der Waals surface area contributed by atoms with Gasteiger partial charge in [-0.1, -0.05) is 0 Å². The average molecular weight is 327 g/mol. The molecule has 1 aliphatic heterocycles. The van der Waals surface area contributed by atoms with Crippen molar-refractivity contribution in [1.82, 2.24) is 14.0 Å². The van der Waals surface area contributed by atoms with Gasteiger partial charge in [-0.2, -0.15) is 0 Å². The molecule has 0 spiro atoms. The van der Waals surface area contributed by atoms with Gasteiger partial charge in [0, 0.05) is 25.9 Å². The first-order valence-corrected chi connectivity index (χ1v) is 7.71. The van der Waals surface area contributed by atoms with Crippen LogP contribution in [0.3, 0.4) is 0 Å². The predicted octanol–water partition coefficient (Wildman–Crippen LogP) is -0.130. The summed E-state index contributed by atoms with van der Waals surface area (Å²) in [6, 6.07) is 1.36. The Morgan fingerprint density at radius 1 is 1.30 bits per heavy atom. The number of hydrogen-bond donors (Lipinski definition) is 0. The van der Waals surface area contributed by atoms with Crippen molar-refractivity contribution >= 4 is 0 Å². The second kappa shape index (κ2) is 8.39. The Morgan fingerprint density at radius 3 is 2.78 bits per heavy atom. The molecule has 1 aromatic heterocycles. The normalized spacial score (nSPS) is 21.2. The maximum Gasteiger partial charge on any atom is 0.335 e. The van der Waals surface area contributed by atoms with Crippen LogP contribution in [0.5, 0.6) is 0 Å². The summed E-state index contributed by atoms with van der Waals surface area (Å²) >= 11 is 0. The number of aromatic nitrogens is 2. The maximum absolute atomic E-state index is 12.5. The van der Waals surface area contributed by atoms with Crippen molar-refractivity contribution in [2.75, 3.05) is 41.0 Å². The first-order valence-electron chi connectivity index (χ1n) is 7.71. The Morgan fingerprint density at radius 2 is 2.09 bits per heavy atom. The topological polar surface area (TPSA) is 74.9 Å². The van der Waals surface area contributed by atoms with Gasteiger partial charge >= 0.3 is 5.69 Å².